The minimum Gasteiger partial charge on any atom is -0.390 e. The number of benzene rings is 2. The van der Waals surface area contributed by atoms with Gasteiger partial charge in [0.25, 0.3) is 0 Å². The van der Waals surface area contributed by atoms with Crippen LogP contribution in [0.15, 0.2) is 42.5 Å². The first kappa shape index (κ1) is 13.8. The molecule has 0 aromatic heterocycles. The van der Waals surface area contributed by atoms with Crippen molar-refractivity contribution in [3.05, 3.63) is 42.5 Å². The summed E-state index contributed by atoms with van der Waals surface area (Å²) in [5, 5.41) is 18.9. The van der Waals surface area contributed by atoms with Gasteiger partial charge in [-0.25, -0.2) is 0 Å². The molecule has 0 saturated heterocycles. The second-order valence-electron chi connectivity index (χ2n) is 5.12. The van der Waals surface area contributed by atoms with Gasteiger partial charge in [0.1, 0.15) is 0 Å². The Kier molecular flexibility index (Phi) is 4.77. The van der Waals surface area contributed by atoms with Crippen LogP contribution >= 0.6 is 0 Å². The molecule has 0 spiro atoms. The molecule has 0 heterocycles. The van der Waals surface area contributed by atoms with Crippen LogP contribution in [0, 0.1) is 0 Å². The summed E-state index contributed by atoms with van der Waals surface area (Å²) in [4.78, 5) is 0. The van der Waals surface area contributed by atoms with Gasteiger partial charge in [0.05, 0.1) is 6.10 Å². The molecule has 3 nitrogen and oxygen atoms in total. The van der Waals surface area contributed by atoms with Crippen molar-refractivity contribution in [3.63, 3.8) is 0 Å². The van der Waals surface area contributed by atoms with Gasteiger partial charge in [-0.15, -0.1) is 0 Å². The molecule has 1 unspecified atom stereocenters. The lowest BCUT2D eigenvalue weighted by molar-refractivity contribution is 0.181. The maximum atomic E-state index is 9.91. The van der Waals surface area contributed by atoms with Gasteiger partial charge < -0.3 is 15.7 Å². The van der Waals surface area contributed by atoms with E-state index in [2.05, 4.69) is 42.7 Å². The maximum Gasteiger partial charge on any atom is 0.0836 e. The summed E-state index contributed by atoms with van der Waals surface area (Å²) >= 11 is 0. The number of aliphatic hydroxyl groups is 1. The van der Waals surface area contributed by atoms with Crippen LogP contribution in [0.2, 0.25) is 0 Å². The third kappa shape index (κ3) is 3.94. The smallest absolute Gasteiger partial charge is 0.0836 e. The first-order valence-corrected chi connectivity index (χ1v) is 6.80. The highest BCUT2D eigenvalue weighted by atomic mass is 16.3. The van der Waals surface area contributed by atoms with Crippen molar-refractivity contribution in [1.82, 2.24) is 5.32 Å². The van der Waals surface area contributed by atoms with Crippen LogP contribution in [0.3, 0.4) is 0 Å². The molecular formula is C16H22N2O. The Labute approximate surface area is 114 Å². The molecular weight excluding hydrogens is 236 g/mol. The summed E-state index contributed by atoms with van der Waals surface area (Å²) in [6, 6.07) is 14.8. The topological polar surface area (TPSA) is 44.3 Å². The van der Waals surface area contributed by atoms with Crippen LogP contribution in [-0.4, -0.2) is 30.3 Å². The van der Waals surface area contributed by atoms with Crippen LogP contribution in [0.25, 0.3) is 10.8 Å². The number of hydrogen-bond donors (Lipinski definition) is 3. The Bertz CT molecular complexity index is 520. The van der Waals surface area contributed by atoms with E-state index in [9.17, 15) is 5.11 Å². The molecule has 102 valence electrons. The second kappa shape index (κ2) is 6.55. The average molecular weight is 258 g/mol. The summed E-state index contributed by atoms with van der Waals surface area (Å²) in [6.45, 7) is 5.30. The molecule has 2 aromatic rings. The molecule has 0 amide bonds. The van der Waals surface area contributed by atoms with Gasteiger partial charge in [0, 0.05) is 30.2 Å². The number of nitrogens with one attached hydrogen (secondary N) is 2. The van der Waals surface area contributed by atoms with Crippen LogP contribution in [-0.2, 0) is 0 Å². The van der Waals surface area contributed by atoms with Crippen LogP contribution in [0.1, 0.15) is 13.8 Å². The summed E-state index contributed by atoms with van der Waals surface area (Å²) in [6.07, 6.45) is -0.388. The van der Waals surface area contributed by atoms with Crippen LogP contribution < -0.4 is 10.6 Å². The fourth-order valence-electron chi connectivity index (χ4n) is 2.05. The third-order valence-corrected chi connectivity index (χ3v) is 3.08. The summed E-state index contributed by atoms with van der Waals surface area (Å²) in [5.41, 5.74) is 1.07. The molecule has 0 fully saturated rings. The zero-order valence-electron chi connectivity index (χ0n) is 11.6. The van der Waals surface area contributed by atoms with E-state index in [-0.39, 0.29) is 6.10 Å². The van der Waals surface area contributed by atoms with Crippen molar-refractivity contribution >= 4 is 16.5 Å². The number of anilines is 1. The zero-order valence-corrected chi connectivity index (χ0v) is 11.6. The van der Waals surface area contributed by atoms with E-state index in [0.29, 0.717) is 19.1 Å². The highest BCUT2D eigenvalue weighted by molar-refractivity contribution is 5.93. The zero-order chi connectivity index (χ0) is 13.7. The second-order valence-corrected chi connectivity index (χ2v) is 5.12. The van der Waals surface area contributed by atoms with E-state index in [0.717, 1.165) is 5.69 Å². The number of rotatable bonds is 6. The van der Waals surface area contributed by atoms with Crippen LogP contribution in [0.5, 0.6) is 0 Å². The quantitative estimate of drug-likeness (QED) is 0.746. The molecule has 0 saturated carbocycles. The molecule has 19 heavy (non-hydrogen) atoms. The molecule has 3 N–H and O–H groups in total. The minimum absolute atomic E-state index is 0.388. The van der Waals surface area contributed by atoms with E-state index in [4.69, 9.17) is 0 Å². The Morgan fingerprint density at radius 2 is 1.74 bits per heavy atom. The van der Waals surface area contributed by atoms with Crippen molar-refractivity contribution in [3.8, 4) is 0 Å². The lowest BCUT2D eigenvalue weighted by atomic mass is 10.1. The SMILES string of the molecule is CC(C)NCC(O)CNc1cccc2ccccc12. The van der Waals surface area contributed by atoms with Crippen molar-refractivity contribution < 1.29 is 5.11 Å². The Balaban J connectivity index is 1.98. The average Bonchev–Trinajstić information content (AvgIpc) is 2.42. The molecule has 0 bridgehead atoms. The first-order chi connectivity index (χ1) is 9.16. The molecule has 0 radical (unpaired) electrons. The van der Waals surface area contributed by atoms with Gasteiger partial charge in [-0.3, -0.25) is 0 Å². The third-order valence-electron chi connectivity index (χ3n) is 3.08. The van der Waals surface area contributed by atoms with Crippen molar-refractivity contribution in [2.75, 3.05) is 18.4 Å². The van der Waals surface area contributed by atoms with Gasteiger partial charge >= 0.3 is 0 Å². The molecule has 2 rings (SSSR count). The van der Waals surface area contributed by atoms with E-state index >= 15 is 0 Å². The monoisotopic (exact) mass is 258 g/mol. The van der Waals surface area contributed by atoms with E-state index in [1.807, 2.05) is 24.3 Å². The summed E-state index contributed by atoms with van der Waals surface area (Å²) in [5.74, 6) is 0. The fourth-order valence-corrected chi connectivity index (χ4v) is 2.05. The normalized spacial score (nSPS) is 12.8. The Morgan fingerprint density at radius 1 is 1.00 bits per heavy atom. The highest BCUT2D eigenvalue weighted by Gasteiger charge is 2.06. The standard InChI is InChI=1S/C16H22N2O/c1-12(2)17-10-14(19)11-18-16-9-5-7-13-6-3-4-8-15(13)16/h3-9,12,14,17-19H,10-11H2,1-2H3. The van der Waals surface area contributed by atoms with E-state index < -0.39 is 0 Å². The minimum atomic E-state index is -0.388. The van der Waals surface area contributed by atoms with Crippen LogP contribution in [0.4, 0.5) is 5.69 Å². The van der Waals surface area contributed by atoms with Gasteiger partial charge in [-0.2, -0.15) is 0 Å². The molecule has 0 aliphatic rings. The first-order valence-electron chi connectivity index (χ1n) is 6.80. The summed E-state index contributed by atoms with van der Waals surface area (Å²) < 4.78 is 0. The maximum absolute atomic E-state index is 9.91. The summed E-state index contributed by atoms with van der Waals surface area (Å²) in [7, 11) is 0. The van der Waals surface area contributed by atoms with Crippen molar-refractivity contribution in [1.29, 1.82) is 0 Å². The lowest BCUT2D eigenvalue weighted by Gasteiger charge is -2.16. The number of hydrogen-bond acceptors (Lipinski definition) is 3. The van der Waals surface area contributed by atoms with E-state index in [1.54, 1.807) is 0 Å². The van der Waals surface area contributed by atoms with Gasteiger partial charge in [-0.1, -0.05) is 50.2 Å². The Hall–Kier alpha value is -1.58. The molecule has 0 aliphatic heterocycles. The number of aliphatic hydroxyl groups excluding tert-OH is 1. The van der Waals surface area contributed by atoms with Gasteiger partial charge in [0.2, 0.25) is 0 Å². The Morgan fingerprint density at radius 3 is 2.53 bits per heavy atom. The van der Waals surface area contributed by atoms with E-state index in [1.165, 1.54) is 10.8 Å². The molecule has 0 aliphatic carbocycles. The van der Waals surface area contributed by atoms with Crippen molar-refractivity contribution in [2.45, 2.75) is 26.0 Å². The van der Waals surface area contributed by atoms with Gasteiger partial charge in [0.15, 0.2) is 0 Å². The largest absolute Gasteiger partial charge is 0.390 e. The number of fused-ring (bicyclic) bond motifs is 1. The molecule has 3 heteroatoms. The van der Waals surface area contributed by atoms with Gasteiger partial charge in [-0.05, 0) is 11.5 Å². The lowest BCUT2D eigenvalue weighted by Crippen LogP contribution is -2.35. The van der Waals surface area contributed by atoms with Crippen molar-refractivity contribution in [2.24, 2.45) is 0 Å². The predicted octanol–water partition coefficient (Wildman–Crippen LogP) is 2.61. The molecule has 2 aromatic carbocycles. The highest BCUT2D eigenvalue weighted by Crippen LogP contribution is 2.22. The fraction of sp³-hybridized carbons (Fsp3) is 0.375. The predicted molar refractivity (Wildman–Crippen MR) is 81.6 cm³/mol. The molecule has 1 atom stereocenters.